The summed E-state index contributed by atoms with van der Waals surface area (Å²) < 4.78 is 5.37. The first-order chi connectivity index (χ1) is 10.7. The van der Waals surface area contributed by atoms with Gasteiger partial charge in [0.25, 0.3) is 5.91 Å². The maximum Gasteiger partial charge on any atom is 0.274 e. The van der Waals surface area contributed by atoms with Crippen molar-refractivity contribution in [3.8, 4) is 5.75 Å². The summed E-state index contributed by atoms with van der Waals surface area (Å²) in [7, 11) is 0. The van der Waals surface area contributed by atoms with Crippen molar-refractivity contribution in [1.29, 1.82) is 0 Å². The van der Waals surface area contributed by atoms with Gasteiger partial charge < -0.3 is 15.4 Å². The molecule has 0 radical (unpaired) electrons. The van der Waals surface area contributed by atoms with Crippen LogP contribution in [0.4, 0.5) is 11.4 Å². The van der Waals surface area contributed by atoms with Crippen LogP contribution < -0.4 is 15.4 Å². The van der Waals surface area contributed by atoms with Crippen LogP contribution >= 0.6 is 0 Å². The second-order valence-corrected chi connectivity index (χ2v) is 4.77. The molecule has 1 amide bonds. The van der Waals surface area contributed by atoms with Gasteiger partial charge in [0.15, 0.2) is 0 Å². The Bertz CT molecular complexity index is 612. The zero-order chi connectivity index (χ0) is 15.8. The van der Waals surface area contributed by atoms with Crippen LogP contribution in [0.25, 0.3) is 0 Å². The first kappa shape index (κ1) is 15.8. The number of pyridine rings is 1. The molecule has 2 N–H and O–H groups in total. The minimum atomic E-state index is -0.232. The molecule has 5 nitrogen and oxygen atoms in total. The number of ether oxygens (including phenoxy) is 1. The molecule has 0 saturated heterocycles. The van der Waals surface area contributed by atoms with Crippen LogP contribution in [0.3, 0.4) is 0 Å². The summed E-state index contributed by atoms with van der Waals surface area (Å²) in [5.41, 5.74) is 1.99. The van der Waals surface area contributed by atoms with E-state index >= 15 is 0 Å². The van der Waals surface area contributed by atoms with Crippen molar-refractivity contribution in [2.45, 2.75) is 20.3 Å². The van der Waals surface area contributed by atoms with Crippen molar-refractivity contribution in [2.75, 3.05) is 23.8 Å². The Labute approximate surface area is 130 Å². The lowest BCUT2D eigenvalue weighted by Gasteiger charge is -2.08. The summed E-state index contributed by atoms with van der Waals surface area (Å²) in [4.78, 5) is 16.3. The van der Waals surface area contributed by atoms with Gasteiger partial charge in [0.1, 0.15) is 11.4 Å². The molecular formula is C17H21N3O2. The SMILES string of the molecule is CCCNc1ccnc(C(=O)Nc2ccc(OCC)cc2)c1. The zero-order valence-electron chi connectivity index (χ0n) is 12.9. The minimum Gasteiger partial charge on any atom is -0.494 e. The third-order valence-electron chi connectivity index (χ3n) is 2.99. The first-order valence-electron chi connectivity index (χ1n) is 7.47. The summed E-state index contributed by atoms with van der Waals surface area (Å²) in [6, 6.07) is 10.9. The molecule has 1 heterocycles. The third kappa shape index (κ3) is 4.48. The fourth-order valence-corrected chi connectivity index (χ4v) is 1.93. The molecule has 0 spiro atoms. The molecule has 0 fully saturated rings. The molecule has 0 aliphatic rings. The molecule has 5 heteroatoms. The van der Waals surface area contributed by atoms with Crippen molar-refractivity contribution in [2.24, 2.45) is 0 Å². The summed E-state index contributed by atoms with van der Waals surface area (Å²) in [5.74, 6) is 0.550. The van der Waals surface area contributed by atoms with Crippen LogP contribution in [0.5, 0.6) is 5.75 Å². The number of nitrogens with one attached hydrogen (secondary N) is 2. The van der Waals surface area contributed by atoms with Gasteiger partial charge in [0.05, 0.1) is 6.61 Å². The van der Waals surface area contributed by atoms with Crippen molar-refractivity contribution in [3.05, 3.63) is 48.3 Å². The maximum atomic E-state index is 12.2. The molecule has 0 saturated carbocycles. The number of carbonyl (C=O) groups excluding carboxylic acids is 1. The second kappa shape index (κ2) is 8.02. The van der Waals surface area contributed by atoms with Gasteiger partial charge in [-0.1, -0.05) is 6.92 Å². The van der Waals surface area contributed by atoms with Gasteiger partial charge in [-0.25, -0.2) is 0 Å². The van der Waals surface area contributed by atoms with Crippen LogP contribution in [0.2, 0.25) is 0 Å². The topological polar surface area (TPSA) is 63.2 Å². The number of hydrogen-bond donors (Lipinski definition) is 2. The summed E-state index contributed by atoms with van der Waals surface area (Å²) in [6.07, 6.45) is 2.65. The van der Waals surface area contributed by atoms with E-state index in [2.05, 4.69) is 22.5 Å². The number of nitrogens with zero attached hydrogens (tertiary/aromatic N) is 1. The predicted molar refractivity (Wildman–Crippen MR) is 88.6 cm³/mol. The lowest BCUT2D eigenvalue weighted by atomic mass is 10.2. The lowest BCUT2D eigenvalue weighted by Crippen LogP contribution is -2.14. The third-order valence-corrected chi connectivity index (χ3v) is 2.99. The molecule has 0 aliphatic carbocycles. The Morgan fingerprint density at radius 2 is 1.91 bits per heavy atom. The van der Waals surface area contributed by atoms with Gasteiger partial charge in [-0.3, -0.25) is 9.78 Å². The highest BCUT2D eigenvalue weighted by Crippen LogP contribution is 2.16. The Kier molecular flexibility index (Phi) is 5.77. The Morgan fingerprint density at radius 1 is 1.14 bits per heavy atom. The first-order valence-corrected chi connectivity index (χ1v) is 7.47. The van der Waals surface area contributed by atoms with Crippen LogP contribution in [0.15, 0.2) is 42.6 Å². The number of aromatic nitrogens is 1. The van der Waals surface area contributed by atoms with Crippen molar-refractivity contribution >= 4 is 17.3 Å². The smallest absolute Gasteiger partial charge is 0.274 e. The fourth-order valence-electron chi connectivity index (χ4n) is 1.93. The molecule has 22 heavy (non-hydrogen) atoms. The molecule has 2 rings (SSSR count). The summed E-state index contributed by atoms with van der Waals surface area (Å²) >= 11 is 0. The van der Waals surface area contributed by atoms with Crippen LogP contribution in [0, 0.1) is 0 Å². The van der Waals surface area contributed by atoms with Crippen LogP contribution in [0.1, 0.15) is 30.8 Å². The van der Waals surface area contributed by atoms with E-state index in [1.807, 2.05) is 37.3 Å². The van der Waals surface area contributed by atoms with E-state index < -0.39 is 0 Å². The van der Waals surface area contributed by atoms with E-state index in [0.717, 1.165) is 24.4 Å². The largest absolute Gasteiger partial charge is 0.494 e. The van der Waals surface area contributed by atoms with Gasteiger partial charge in [0.2, 0.25) is 0 Å². The van der Waals surface area contributed by atoms with Gasteiger partial charge in [-0.2, -0.15) is 0 Å². The average Bonchev–Trinajstić information content (AvgIpc) is 2.55. The van der Waals surface area contributed by atoms with E-state index in [1.54, 1.807) is 12.3 Å². The number of carbonyl (C=O) groups is 1. The highest BCUT2D eigenvalue weighted by Gasteiger charge is 2.08. The molecule has 0 bridgehead atoms. The number of rotatable bonds is 7. The Morgan fingerprint density at radius 3 is 2.59 bits per heavy atom. The molecule has 1 aromatic carbocycles. The van der Waals surface area contributed by atoms with E-state index in [4.69, 9.17) is 4.74 Å². The van der Waals surface area contributed by atoms with Crippen LogP contribution in [-0.2, 0) is 0 Å². The molecule has 0 atom stereocenters. The maximum absolute atomic E-state index is 12.2. The van der Waals surface area contributed by atoms with Gasteiger partial charge in [-0.15, -0.1) is 0 Å². The summed E-state index contributed by atoms with van der Waals surface area (Å²) in [5, 5.41) is 6.06. The van der Waals surface area contributed by atoms with E-state index in [9.17, 15) is 4.79 Å². The number of amides is 1. The fraction of sp³-hybridized carbons (Fsp3) is 0.294. The average molecular weight is 299 g/mol. The quantitative estimate of drug-likeness (QED) is 0.820. The van der Waals surface area contributed by atoms with Gasteiger partial charge in [-0.05, 0) is 49.7 Å². The molecular weight excluding hydrogens is 278 g/mol. The normalized spacial score (nSPS) is 10.1. The van der Waals surface area contributed by atoms with Gasteiger partial charge >= 0.3 is 0 Å². The molecule has 2 aromatic rings. The van der Waals surface area contributed by atoms with Gasteiger partial charge in [0, 0.05) is 24.1 Å². The van der Waals surface area contributed by atoms with Crippen LogP contribution in [-0.4, -0.2) is 24.0 Å². The number of benzene rings is 1. The zero-order valence-corrected chi connectivity index (χ0v) is 12.9. The predicted octanol–water partition coefficient (Wildman–Crippen LogP) is 3.55. The monoisotopic (exact) mass is 299 g/mol. The second-order valence-electron chi connectivity index (χ2n) is 4.77. The van der Waals surface area contributed by atoms with Crippen molar-refractivity contribution in [1.82, 2.24) is 4.98 Å². The Hall–Kier alpha value is -2.56. The highest BCUT2D eigenvalue weighted by molar-refractivity contribution is 6.03. The molecule has 0 aliphatic heterocycles. The lowest BCUT2D eigenvalue weighted by molar-refractivity contribution is 0.102. The molecule has 116 valence electrons. The molecule has 1 aromatic heterocycles. The highest BCUT2D eigenvalue weighted by atomic mass is 16.5. The summed E-state index contributed by atoms with van der Waals surface area (Å²) in [6.45, 7) is 5.51. The van der Waals surface area contributed by atoms with E-state index in [1.165, 1.54) is 0 Å². The van der Waals surface area contributed by atoms with E-state index in [0.29, 0.717) is 18.0 Å². The Balaban J connectivity index is 2.02. The van der Waals surface area contributed by atoms with Crippen molar-refractivity contribution in [3.63, 3.8) is 0 Å². The van der Waals surface area contributed by atoms with E-state index in [-0.39, 0.29) is 5.91 Å². The van der Waals surface area contributed by atoms with Crippen molar-refractivity contribution < 1.29 is 9.53 Å². The number of hydrogen-bond acceptors (Lipinski definition) is 4. The molecule has 0 unspecified atom stereocenters. The standard InChI is InChI=1S/C17H21N3O2/c1-3-10-18-14-9-11-19-16(12-14)17(21)20-13-5-7-15(8-6-13)22-4-2/h5-9,11-12H,3-4,10H2,1-2H3,(H,18,19)(H,20,21). The number of anilines is 2. The minimum absolute atomic E-state index is 0.232.